The van der Waals surface area contributed by atoms with E-state index in [9.17, 15) is 0 Å². The summed E-state index contributed by atoms with van der Waals surface area (Å²) in [7, 11) is 0. The second kappa shape index (κ2) is 3.61. The maximum Gasteiger partial charge on any atom is 0.134 e. The number of thiol groups is 1. The van der Waals surface area contributed by atoms with E-state index in [0.29, 0.717) is 0 Å². The van der Waals surface area contributed by atoms with Crippen molar-refractivity contribution in [3.05, 3.63) is 22.2 Å². The number of rotatable bonds is 1. The Labute approximate surface area is 94.8 Å². The van der Waals surface area contributed by atoms with Gasteiger partial charge in [0.15, 0.2) is 0 Å². The summed E-state index contributed by atoms with van der Waals surface area (Å²) in [6.07, 6.45) is 0. The largest absolute Gasteiger partial charge is 0.239 e. The minimum absolute atomic E-state index is 0.795. The highest BCUT2D eigenvalue weighted by Crippen LogP contribution is 2.35. The van der Waals surface area contributed by atoms with Gasteiger partial charge in [0.2, 0.25) is 0 Å². The van der Waals surface area contributed by atoms with Gasteiger partial charge in [0.25, 0.3) is 0 Å². The molecule has 0 atom stereocenters. The summed E-state index contributed by atoms with van der Waals surface area (Å²) < 4.78 is 1.77. The second-order valence-corrected chi connectivity index (χ2v) is 5.98. The van der Waals surface area contributed by atoms with Crippen molar-refractivity contribution in [3.63, 3.8) is 0 Å². The highest BCUT2D eigenvalue weighted by molar-refractivity contribution is 7.83. The molecule has 0 N–H and O–H groups in total. The van der Waals surface area contributed by atoms with Crippen molar-refractivity contribution in [2.75, 3.05) is 0 Å². The monoisotopic (exact) mass is 247 g/mol. The molecular formula is C8H6ClNS3. The van der Waals surface area contributed by atoms with Crippen LogP contribution in [0.1, 0.15) is 5.69 Å². The van der Waals surface area contributed by atoms with Crippen LogP contribution in [0.15, 0.2) is 16.3 Å². The summed E-state index contributed by atoms with van der Waals surface area (Å²) in [5.41, 5.74) is 0.979. The smallest absolute Gasteiger partial charge is 0.134 e. The Morgan fingerprint density at radius 2 is 2.15 bits per heavy atom. The number of halogens is 1. The summed E-state index contributed by atoms with van der Waals surface area (Å²) in [5, 5.41) is 0.999. The van der Waals surface area contributed by atoms with Crippen molar-refractivity contribution in [2.24, 2.45) is 0 Å². The predicted octanol–water partition coefficient (Wildman–Crippen LogP) is 4.12. The molecule has 0 aliphatic rings. The summed E-state index contributed by atoms with van der Waals surface area (Å²) >= 11 is 13.3. The summed E-state index contributed by atoms with van der Waals surface area (Å²) in [5.74, 6) is 0. The van der Waals surface area contributed by atoms with Crippen LogP contribution >= 0.6 is 46.9 Å². The van der Waals surface area contributed by atoms with Crippen LogP contribution < -0.4 is 0 Å². The SMILES string of the molecule is Cc1nc(-c2ccc(Cl)s2)sc1S. The predicted molar refractivity (Wildman–Crippen MR) is 62.4 cm³/mol. The molecule has 0 spiro atoms. The Kier molecular flexibility index (Phi) is 2.65. The van der Waals surface area contributed by atoms with Gasteiger partial charge < -0.3 is 0 Å². The fourth-order valence-electron chi connectivity index (χ4n) is 0.923. The first-order valence-corrected chi connectivity index (χ1v) is 6.05. The number of aromatic nitrogens is 1. The van der Waals surface area contributed by atoms with Crippen molar-refractivity contribution >= 4 is 46.9 Å². The van der Waals surface area contributed by atoms with E-state index < -0.39 is 0 Å². The highest BCUT2D eigenvalue weighted by Gasteiger charge is 2.08. The molecule has 0 bridgehead atoms. The minimum Gasteiger partial charge on any atom is -0.239 e. The van der Waals surface area contributed by atoms with Crippen LogP contribution in [0.25, 0.3) is 9.88 Å². The molecule has 0 aromatic carbocycles. The normalized spacial score (nSPS) is 10.7. The fraction of sp³-hybridized carbons (Fsp3) is 0.125. The van der Waals surface area contributed by atoms with Crippen molar-refractivity contribution in [2.45, 2.75) is 11.1 Å². The zero-order valence-corrected chi connectivity index (χ0v) is 10.0. The van der Waals surface area contributed by atoms with E-state index >= 15 is 0 Å². The summed E-state index contributed by atoms with van der Waals surface area (Å²) in [6.45, 7) is 1.96. The third-order valence-electron chi connectivity index (χ3n) is 1.56. The van der Waals surface area contributed by atoms with Gasteiger partial charge in [0.05, 0.1) is 19.1 Å². The number of hydrogen-bond donors (Lipinski definition) is 1. The molecule has 0 unspecified atom stereocenters. The first-order chi connectivity index (χ1) is 6.16. The molecule has 1 nitrogen and oxygen atoms in total. The molecule has 2 aromatic rings. The van der Waals surface area contributed by atoms with Crippen molar-refractivity contribution < 1.29 is 0 Å². The van der Waals surface area contributed by atoms with Crippen LogP contribution in [-0.2, 0) is 0 Å². The third kappa shape index (κ3) is 1.91. The van der Waals surface area contributed by atoms with Gasteiger partial charge in [-0.25, -0.2) is 4.98 Å². The number of aryl methyl sites for hydroxylation is 1. The van der Waals surface area contributed by atoms with Crippen molar-refractivity contribution in [1.82, 2.24) is 4.98 Å². The third-order valence-corrected chi connectivity index (χ3v) is 4.51. The van der Waals surface area contributed by atoms with Crippen molar-refractivity contribution in [3.8, 4) is 9.88 Å². The van der Waals surface area contributed by atoms with Gasteiger partial charge in [-0.2, -0.15) is 0 Å². The fourth-order valence-corrected chi connectivity index (χ4v) is 3.14. The molecular weight excluding hydrogens is 242 g/mol. The average Bonchev–Trinajstić information content (AvgIpc) is 2.61. The van der Waals surface area contributed by atoms with Gasteiger partial charge in [0, 0.05) is 0 Å². The number of thiazole rings is 1. The maximum atomic E-state index is 5.83. The lowest BCUT2D eigenvalue weighted by Crippen LogP contribution is -1.71. The minimum atomic E-state index is 0.795. The lowest BCUT2D eigenvalue weighted by atomic mass is 10.5. The van der Waals surface area contributed by atoms with Gasteiger partial charge in [0.1, 0.15) is 5.01 Å². The summed E-state index contributed by atoms with van der Waals surface area (Å²) in [4.78, 5) is 5.50. The average molecular weight is 248 g/mol. The Morgan fingerprint density at radius 3 is 2.62 bits per heavy atom. The van der Waals surface area contributed by atoms with Crippen LogP contribution in [0.3, 0.4) is 0 Å². The lowest BCUT2D eigenvalue weighted by Gasteiger charge is -1.85. The Hall–Kier alpha value is -0.0300. The quantitative estimate of drug-likeness (QED) is 0.748. The van der Waals surface area contributed by atoms with Crippen LogP contribution in [0.2, 0.25) is 4.34 Å². The molecule has 2 rings (SSSR count). The standard InChI is InChI=1S/C8H6ClNS3/c1-4-8(11)13-7(10-4)5-2-3-6(9)12-5/h2-3,11H,1H3. The molecule has 0 fully saturated rings. The highest BCUT2D eigenvalue weighted by atomic mass is 35.5. The molecule has 0 aliphatic heterocycles. The molecule has 0 saturated heterocycles. The molecule has 0 saturated carbocycles. The lowest BCUT2D eigenvalue weighted by molar-refractivity contribution is 1.22. The van der Waals surface area contributed by atoms with E-state index in [-0.39, 0.29) is 0 Å². The zero-order valence-electron chi connectivity index (χ0n) is 6.74. The van der Waals surface area contributed by atoms with E-state index in [0.717, 1.165) is 24.1 Å². The zero-order chi connectivity index (χ0) is 9.42. The topological polar surface area (TPSA) is 12.9 Å². The van der Waals surface area contributed by atoms with Crippen LogP contribution in [0, 0.1) is 6.92 Å². The van der Waals surface area contributed by atoms with Gasteiger partial charge in [-0.1, -0.05) is 11.6 Å². The Bertz CT molecular complexity index is 413. The first kappa shape index (κ1) is 9.52. The van der Waals surface area contributed by atoms with Crippen LogP contribution in [0.4, 0.5) is 0 Å². The van der Waals surface area contributed by atoms with Crippen LogP contribution in [0.5, 0.6) is 0 Å². The number of nitrogens with zero attached hydrogens (tertiary/aromatic N) is 1. The van der Waals surface area contributed by atoms with E-state index in [4.69, 9.17) is 11.6 Å². The number of thiophene rings is 1. The molecule has 68 valence electrons. The van der Waals surface area contributed by atoms with E-state index in [1.54, 1.807) is 22.7 Å². The molecule has 0 aliphatic carbocycles. The van der Waals surface area contributed by atoms with Gasteiger partial charge in [-0.05, 0) is 19.1 Å². The molecule has 2 aromatic heterocycles. The Morgan fingerprint density at radius 1 is 1.38 bits per heavy atom. The van der Waals surface area contributed by atoms with E-state index in [1.807, 2.05) is 19.1 Å². The van der Waals surface area contributed by atoms with Gasteiger partial charge >= 0.3 is 0 Å². The molecule has 5 heteroatoms. The van der Waals surface area contributed by atoms with Crippen LogP contribution in [-0.4, -0.2) is 4.98 Å². The molecule has 0 amide bonds. The first-order valence-electron chi connectivity index (χ1n) is 3.59. The van der Waals surface area contributed by atoms with E-state index in [1.165, 1.54) is 0 Å². The molecule has 13 heavy (non-hydrogen) atoms. The molecule has 0 radical (unpaired) electrons. The van der Waals surface area contributed by atoms with Gasteiger partial charge in [-0.15, -0.1) is 35.3 Å². The Balaban J connectivity index is 2.46. The maximum absolute atomic E-state index is 5.83. The van der Waals surface area contributed by atoms with Gasteiger partial charge in [-0.3, -0.25) is 0 Å². The summed E-state index contributed by atoms with van der Waals surface area (Å²) in [6, 6.07) is 3.87. The second-order valence-electron chi connectivity index (χ2n) is 2.51. The van der Waals surface area contributed by atoms with E-state index in [2.05, 4.69) is 17.6 Å². The number of hydrogen-bond acceptors (Lipinski definition) is 4. The molecule has 2 heterocycles. The van der Waals surface area contributed by atoms with Crippen molar-refractivity contribution in [1.29, 1.82) is 0 Å².